The first-order chi connectivity index (χ1) is 7.65. The van der Waals surface area contributed by atoms with Crippen LogP contribution in [0.25, 0.3) is 0 Å². The van der Waals surface area contributed by atoms with E-state index in [0.29, 0.717) is 6.42 Å². The van der Waals surface area contributed by atoms with Gasteiger partial charge in [-0.2, -0.15) is 0 Å². The molecule has 0 aromatic carbocycles. The van der Waals surface area contributed by atoms with Gasteiger partial charge in [0.2, 0.25) is 11.8 Å². The molecule has 4 N–H and O–H groups in total. The summed E-state index contributed by atoms with van der Waals surface area (Å²) in [4.78, 5) is 22.9. The third kappa shape index (κ3) is 3.81. The van der Waals surface area contributed by atoms with Crippen molar-refractivity contribution >= 4 is 11.8 Å². The first-order valence-electron chi connectivity index (χ1n) is 5.98. The molecule has 1 heterocycles. The van der Waals surface area contributed by atoms with E-state index in [0.717, 1.165) is 32.2 Å². The summed E-state index contributed by atoms with van der Waals surface area (Å²) in [7, 11) is 0. The normalized spacial score (nSPS) is 21.7. The van der Waals surface area contributed by atoms with Crippen molar-refractivity contribution in [2.75, 3.05) is 6.54 Å². The van der Waals surface area contributed by atoms with E-state index in [9.17, 15) is 9.59 Å². The molecule has 92 valence electrons. The Hall–Kier alpha value is -1.10. The lowest BCUT2D eigenvalue weighted by atomic mass is 10.1. The summed E-state index contributed by atoms with van der Waals surface area (Å²) in [5.41, 5.74) is 5.25. The first-order valence-corrected chi connectivity index (χ1v) is 5.98. The van der Waals surface area contributed by atoms with Crippen molar-refractivity contribution in [2.45, 2.75) is 51.1 Å². The third-order valence-corrected chi connectivity index (χ3v) is 2.88. The number of nitrogens with two attached hydrogens (primary N) is 1. The van der Waals surface area contributed by atoms with E-state index in [1.54, 1.807) is 0 Å². The van der Waals surface area contributed by atoms with Crippen LogP contribution in [0.5, 0.6) is 0 Å². The molecule has 1 aliphatic rings. The van der Waals surface area contributed by atoms with Crippen molar-refractivity contribution in [3.8, 4) is 0 Å². The van der Waals surface area contributed by atoms with Crippen molar-refractivity contribution in [3.63, 3.8) is 0 Å². The number of nitrogens with one attached hydrogen (secondary N) is 2. The Bertz CT molecular complexity index is 250. The van der Waals surface area contributed by atoms with Crippen LogP contribution < -0.4 is 16.4 Å². The predicted octanol–water partition coefficient (Wildman–Crippen LogP) is -0.101. The molecule has 0 aromatic rings. The van der Waals surface area contributed by atoms with Gasteiger partial charge in [0, 0.05) is 0 Å². The minimum Gasteiger partial charge on any atom is -0.368 e. The van der Waals surface area contributed by atoms with E-state index in [1.807, 2.05) is 6.92 Å². The molecule has 1 saturated heterocycles. The van der Waals surface area contributed by atoms with Gasteiger partial charge in [-0.3, -0.25) is 9.59 Å². The lowest BCUT2D eigenvalue weighted by Crippen LogP contribution is -2.50. The zero-order chi connectivity index (χ0) is 12.0. The van der Waals surface area contributed by atoms with Crippen LogP contribution >= 0.6 is 0 Å². The van der Waals surface area contributed by atoms with Crippen LogP contribution in [0, 0.1) is 0 Å². The van der Waals surface area contributed by atoms with Gasteiger partial charge < -0.3 is 16.4 Å². The van der Waals surface area contributed by atoms with E-state index in [4.69, 9.17) is 5.73 Å². The fourth-order valence-corrected chi connectivity index (χ4v) is 1.87. The topological polar surface area (TPSA) is 84.2 Å². The molecule has 0 bridgehead atoms. The molecule has 1 rings (SSSR count). The Kier molecular flexibility index (Phi) is 5.25. The van der Waals surface area contributed by atoms with Crippen molar-refractivity contribution < 1.29 is 9.59 Å². The molecule has 5 nitrogen and oxygen atoms in total. The van der Waals surface area contributed by atoms with Crippen LogP contribution in [0.15, 0.2) is 0 Å². The average molecular weight is 227 g/mol. The second-order valence-corrected chi connectivity index (χ2v) is 4.25. The van der Waals surface area contributed by atoms with Crippen LogP contribution in [0.4, 0.5) is 0 Å². The molecule has 0 saturated carbocycles. The Balaban J connectivity index is 2.40. The van der Waals surface area contributed by atoms with Gasteiger partial charge >= 0.3 is 0 Å². The Morgan fingerprint density at radius 2 is 2.31 bits per heavy atom. The number of primary amides is 1. The Labute approximate surface area is 96.1 Å². The predicted molar refractivity (Wildman–Crippen MR) is 61.7 cm³/mol. The van der Waals surface area contributed by atoms with Crippen molar-refractivity contribution in [1.29, 1.82) is 0 Å². The van der Waals surface area contributed by atoms with Crippen LogP contribution in [0.2, 0.25) is 0 Å². The number of hydrogen-bond acceptors (Lipinski definition) is 3. The molecule has 5 heteroatoms. The van der Waals surface area contributed by atoms with Gasteiger partial charge in [0.05, 0.1) is 6.04 Å². The van der Waals surface area contributed by atoms with E-state index in [1.165, 1.54) is 0 Å². The van der Waals surface area contributed by atoms with Crippen LogP contribution in [-0.2, 0) is 9.59 Å². The van der Waals surface area contributed by atoms with Gasteiger partial charge in [-0.25, -0.2) is 0 Å². The number of unbranched alkanes of at least 4 members (excludes halogenated alkanes) is 1. The smallest absolute Gasteiger partial charge is 0.240 e. The van der Waals surface area contributed by atoms with Gasteiger partial charge in [-0.1, -0.05) is 19.8 Å². The molecule has 1 fully saturated rings. The Morgan fingerprint density at radius 3 is 2.81 bits per heavy atom. The maximum atomic E-state index is 11.7. The molecular formula is C11H21N3O2. The second-order valence-electron chi connectivity index (χ2n) is 4.25. The molecule has 16 heavy (non-hydrogen) atoms. The highest BCUT2D eigenvalue weighted by Gasteiger charge is 2.25. The lowest BCUT2D eigenvalue weighted by molar-refractivity contribution is -0.128. The quantitative estimate of drug-likeness (QED) is 0.592. The number of carbonyl (C=O) groups excluding carboxylic acids is 2. The van der Waals surface area contributed by atoms with Crippen LogP contribution in [-0.4, -0.2) is 30.4 Å². The van der Waals surface area contributed by atoms with Crippen LogP contribution in [0.1, 0.15) is 39.0 Å². The van der Waals surface area contributed by atoms with Crippen molar-refractivity contribution in [2.24, 2.45) is 5.73 Å². The van der Waals surface area contributed by atoms with Gasteiger partial charge in [0.25, 0.3) is 0 Å². The van der Waals surface area contributed by atoms with E-state index in [-0.39, 0.29) is 11.9 Å². The highest BCUT2D eigenvalue weighted by molar-refractivity contribution is 5.89. The fourth-order valence-electron chi connectivity index (χ4n) is 1.87. The van der Waals surface area contributed by atoms with E-state index < -0.39 is 11.9 Å². The fraction of sp³-hybridized carbons (Fsp3) is 0.818. The molecule has 0 radical (unpaired) electrons. The Morgan fingerprint density at radius 1 is 1.56 bits per heavy atom. The summed E-state index contributed by atoms with van der Waals surface area (Å²) >= 11 is 0. The van der Waals surface area contributed by atoms with Crippen molar-refractivity contribution in [3.05, 3.63) is 0 Å². The standard InChI is InChI=1S/C11H21N3O2/c1-2-3-5-8(10(12)15)14-11(16)9-6-4-7-13-9/h8-9,13H,2-7H2,1H3,(H2,12,15)(H,14,16). The molecule has 2 amide bonds. The van der Waals surface area contributed by atoms with Gasteiger partial charge in [0.1, 0.15) is 6.04 Å². The summed E-state index contributed by atoms with van der Waals surface area (Å²) in [5.74, 6) is -0.544. The molecule has 0 aliphatic carbocycles. The largest absolute Gasteiger partial charge is 0.368 e. The third-order valence-electron chi connectivity index (χ3n) is 2.88. The maximum absolute atomic E-state index is 11.7. The number of carbonyl (C=O) groups is 2. The molecule has 1 aliphatic heterocycles. The summed E-state index contributed by atoms with van der Waals surface area (Å²) in [6.07, 6.45) is 4.36. The van der Waals surface area contributed by atoms with Gasteiger partial charge in [-0.05, 0) is 25.8 Å². The first kappa shape index (κ1) is 13.0. The average Bonchev–Trinajstić information content (AvgIpc) is 2.76. The van der Waals surface area contributed by atoms with E-state index >= 15 is 0 Å². The minimum atomic E-state index is -0.519. The van der Waals surface area contributed by atoms with Crippen molar-refractivity contribution in [1.82, 2.24) is 10.6 Å². The molecule has 2 unspecified atom stereocenters. The zero-order valence-corrected chi connectivity index (χ0v) is 9.79. The number of amides is 2. The lowest BCUT2D eigenvalue weighted by Gasteiger charge is -2.17. The highest BCUT2D eigenvalue weighted by Crippen LogP contribution is 2.06. The van der Waals surface area contributed by atoms with Gasteiger partial charge in [0.15, 0.2) is 0 Å². The summed E-state index contributed by atoms with van der Waals surface area (Å²) < 4.78 is 0. The second kappa shape index (κ2) is 6.48. The zero-order valence-electron chi connectivity index (χ0n) is 9.79. The number of rotatable bonds is 6. The summed E-state index contributed by atoms with van der Waals surface area (Å²) in [6.45, 7) is 2.91. The van der Waals surface area contributed by atoms with Gasteiger partial charge in [-0.15, -0.1) is 0 Å². The monoisotopic (exact) mass is 227 g/mol. The molecular weight excluding hydrogens is 206 g/mol. The van der Waals surface area contributed by atoms with Crippen LogP contribution in [0.3, 0.4) is 0 Å². The molecule has 0 spiro atoms. The van der Waals surface area contributed by atoms with E-state index in [2.05, 4.69) is 10.6 Å². The highest BCUT2D eigenvalue weighted by atomic mass is 16.2. The molecule has 2 atom stereocenters. The maximum Gasteiger partial charge on any atom is 0.240 e. The minimum absolute atomic E-state index is 0.0996. The number of hydrogen-bond donors (Lipinski definition) is 3. The molecule has 0 aromatic heterocycles. The summed E-state index contributed by atoms with van der Waals surface area (Å²) in [6, 6.07) is -0.668. The SMILES string of the molecule is CCCCC(NC(=O)C1CCCN1)C(N)=O. The summed E-state index contributed by atoms with van der Waals surface area (Å²) in [5, 5.41) is 5.81.